The molecule has 1 aromatic carbocycles. The van der Waals surface area contributed by atoms with Gasteiger partial charge in [0.1, 0.15) is 0 Å². The van der Waals surface area contributed by atoms with Gasteiger partial charge in [-0.25, -0.2) is 0 Å². The van der Waals surface area contributed by atoms with E-state index in [1.54, 1.807) is 6.07 Å². The normalized spacial score (nSPS) is 10.0. The molecular formula is C9H9BrClNO. The zero-order valence-electron chi connectivity index (χ0n) is 6.89. The highest BCUT2D eigenvalue weighted by Gasteiger charge is 2.03. The monoisotopic (exact) mass is 261 g/mol. The van der Waals surface area contributed by atoms with E-state index in [0.717, 1.165) is 10.0 Å². The van der Waals surface area contributed by atoms with E-state index in [9.17, 15) is 4.79 Å². The maximum absolute atomic E-state index is 11.0. The van der Waals surface area contributed by atoms with Gasteiger partial charge in [0.05, 0.1) is 5.88 Å². The summed E-state index contributed by atoms with van der Waals surface area (Å²) in [6, 6.07) is 5.45. The molecule has 0 aromatic heterocycles. The first-order valence-corrected chi connectivity index (χ1v) is 5.08. The average molecular weight is 263 g/mol. The molecule has 0 unspecified atom stereocenters. The van der Waals surface area contributed by atoms with Crippen LogP contribution in [0.5, 0.6) is 0 Å². The molecule has 0 aliphatic carbocycles. The van der Waals surface area contributed by atoms with Gasteiger partial charge in [0.15, 0.2) is 5.78 Å². The molecule has 70 valence electrons. The smallest absolute Gasteiger partial charge is 0.151 e. The molecule has 0 radical (unpaired) electrons. The van der Waals surface area contributed by atoms with Gasteiger partial charge in [-0.05, 0) is 33.6 Å². The number of anilines is 1. The predicted molar refractivity (Wildman–Crippen MR) is 58.0 cm³/mol. The minimum absolute atomic E-state index is 0.00314. The number of benzene rings is 1. The van der Waals surface area contributed by atoms with Crippen molar-refractivity contribution < 1.29 is 4.79 Å². The zero-order valence-corrected chi connectivity index (χ0v) is 9.23. The van der Waals surface area contributed by atoms with Crippen molar-refractivity contribution in [3.8, 4) is 0 Å². The van der Waals surface area contributed by atoms with Crippen LogP contribution in [0.15, 0.2) is 22.7 Å². The average Bonchev–Trinajstić information content (AvgIpc) is 2.11. The second-order valence-electron chi connectivity index (χ2n) is 2.70. The molecule has 0 aliphatic heterocycles. The van der Waals surface area contributed by atoms with Crippen molar-refractivity contribution in [1.82, 2.24) is 0 Å². The standard InChI is InChI=1S/C9H9BrClNO/c10-8-2-1-6(4-9(8)12)3-7(13)5-11/h1-2,4H,3,5,12H2. The highest BCUT2D eigenvalue weighted by molar-refractivity contribution is 9.10. The van der Waals surface area contributed by atoms with Crippen molar-refractivity contribution in [2.75, 3.05) is 11.6 Å². The Balaban J connectivity index is 2.79. The van der Waals surface area contributed by atoms with Gasteiger partial charge in [-0.15, -0.1) is 11.6 Å². The molecular weight excluding hydrogens is 253 g/mol. The van der Waals surface area contributed by atoms with Gasteiger partial charge in [-0.3, -0.25) is 4.79 Å². The highest BCUT2D eigenvalue weighted by Crippen LogP contribution is 2.20. The lowest BCUT2D eigenvalue weighted by Crippen LogP contribution is -2.04. The quantitative estimate of drug-likeness (QED) is 0.671. The lowest BCUT2D eigenvalue weighted by molar-refractivity contribution is -0.116. The third-order valence-electron chi connectivity index (χ3n) is 1.61. The summed E-state index contributed by atoms with van der Waals surface area (Å²) in [7, 11) is 0. The van der Waals surface area contributed by atoms with Crippen molar-refractivity contribution in [3.05, 3.63) is 28.2 Å². The first-order valence-electron chi connectivity index (χ1n) is 3.75. The number of hydrogen-bond donors (Lipinski definition) is 1. The van der Waals surface area contributed by atoms with E-state index >= 15 is 0 Å². The van der Waals surface area contributed by atoms with Gasteiger partial charge in [0, 0.05) is 16.6 Å². The number of ketones is 1. The summed E-state index contributed by atoms with van der Waals surface area (Å²) >= 11 is 8.66. The molecule has 4 heteroatoms. The highest BCUT2D eigenvalue weighted by atomic mass is 79.9. The molecule has 0 atom stereocenters. The summed E-state index contributed by atoms with van der Waals surface area (Å²) < 4.78 is 0.842. The Morgan fingerprint density at radius 3 is 2.77 bits per heavy atom. The van der Waals surface area contributed by atoms with E-state index in [-0.39, 0.29) is 11.7 Å². The van der Waals surface area contributed by atoms with Crippen LogP contribution < -0.4 is 5.73 Å². The summed E-state index contributed by atoms with van der Waals surface area (Å²) in [5.74, 6) is 0.0547. The molecule has 13 heavy (non-hydrogen) atoms. The molecule has 0 amide bonds. The maximum Gasteiger partial charge on any atom is 0.151 e. The van der Waals surface area contributed by atoms with E-state index in [0.29, 0.717) is 12.1 Å². The van der Waals surface area contributed by atoms with Gasteiger partial charge < -0.3 is 5.73 Å². The number of rotatable bonds is 3. The van der Waals surface area contributed by atoms with Crippen molar-refractivity contribution >= 4 is 39.0 Å². The first-order chi connectivity index (χ1) is 6.13. The Labute approximate surface area is 90.2 Å². The summed E-state index contributed by atoms with van der Waals surface area (Å²) in [6.07, 6.45) is 0.348. The Bertz CT molecular complexity index is 327. The van der Waals surface area contributed by atoms with Crippen molar-refractivity contribution in [1.29, 1.82) is 0 Å². The fraction of sp³-hybridized carbons (Fsp3) is 0.222. The number of nitrogen functional groups attached to an aromatic ring is 1. The lowest BCUT2D eigenvalue weighted by Gasteiger charge is -2.02. The van der Waals surface area contributed by atoms with Crippen molar-refractivity contribution in [3.63, 3.8) is 0 Å². The molecule has 0 saturated carbocycles. The second kappa shape index (κ2) is 4.63. The third-order valence-corrected chi connectivity index (χ3v) is 2.63. The predicted octanol–water partition coefficient (Wildman–Crippen LogP) is 2.38. The van der Waals surface area contributed by atoms with Crippen molar-refractivity contribution in [2.45, 2.75) is 6.42 Å². The summed E-state index contributed by atoms with van der Waals surface area (Å²) in [4.78, 5) is 11.0. The second-order valence-corrected chi connectivity index (χ2v) is 3.83. The van der Waals surface area contributed by atoms with Crippen LogP contribution in [0.3, 0.4) is 0 Å². The van der Waals surface area contributed by atoms with E-state index in [1.165, 1.54) is 0 Å². The van der Waals surface area contributed by atoms with Gasteiger partial charge in [-0.2, -0.15) is 0 Å². The van der Waals surface area contributed by atoms with Crippen LogP contribution in [0.25, 0.3) is 0 Å². The number of nitrogens with two attached hydrogens (primary N) is 1. The molecule has 0 saturated heterocycles. The molecule has 0 heterocycles. The molecule has 0 bridgehead atoms. The van der Waals surface area contributed by atoms with E-state index < -0.39 is 0 Å². The number of halogens is 2. The van der Waals surface area contributed by atoms with Gasteiger partial charge in [0.25, 0.3) is 0 Å². The topological polar surface area (TPSA) is 43.1 Å². The minimum atomic E-state index is 0.00314. The van der Waals surface area contributed by atoms with Gasteiger partial charge >= 0.3 is 0 Å². The lowest BCUT2D eigenvalue weighted by atomic mass is 10.1. The third kappa shape index (κ3) is 3.01. The Morgan fingerprint density at radius 1 is 1.54 bits per heavy atom. The van der Waals surface area contributed by atoms with Crippen LogP contribution in [0.1, 0.15) is 5.56 Å². The number of carbonyl (C=O) groups is 1. The zero-order chi connectivity index (χ0) is 9.84. The van der Waals surface area contributed by atoms with Crippen molar-refractivity contribution in [2.24, 2.45) is 0 Å². The number of Topliss-reactive ketones (excluding diaryl/α,β-unsaturated/α-hetero) is 1. The van der Waals surface area contributed by atoms with E-state index in [1.807, 2.05) is 12.1 Å². The van der Waals surface area contributed by atoms with Crippen LogP contribution in [-0.2, 0) is 11.2 Å². The fourth-order valence-electron chi connectivity index (χ4n) is 0.978. The summed E-state index contributed by atoms with van der Waals surface area (Å²) in [5.41, 5.74) is 7.18. The van der Waals surface area contributed by atoms with Gasteiger partial charge in [0.2, 0.25) is 0 Å². The van der Waals surface area contributed by atoms with Gasteiger partial charge in [-0.1, -0.05) is 6.07 Å². The number of alkyl halides is 1. The molecule has 2 nitrogen and oxygen atoms in total. The molecule has 0 spiro atoms. The SMILES string of the molecule is Nc1cc(CC(=O)CCl)ccc1Br. The van der Waals surface area contributed by atoms with Crippen LogP contribution in [-0.4, -0.2) is 11.7 Å². The largest absolute Gasteiger partial charge is 0.398 e. The molecule has 0 aliphatic rings. The fourth-order valence-corrected chi connectivity index (χ4v) is 1.32. The van der Waals surface area contributed by atoms with E-state index in [2.05, 4.69) is 15.9 Å². The summed E-state index contributed by atoms with van der Waals surface area (Å²) in [5, 5.41) is 0. The Hall–Kier alpha value is -0.540. The van der Waals surface area contributed by atoms with Crippen LogP contribution in [0.2, 0.25) is 0 Å². The molecule has 0 fully saturated rings. The van der Waals surface area contributed by atoms with Crippen LogP contribution in [0, 0.1) is 0 Å². The summed E-state index contributed by atoms with van der Waals surface area (Å²) in [6.45, 7) is 0. The minimum Gasteiger partial charge on any atom is -0.398 e. The molecule has 1 rings (SSSR count). The van der Waals surface area contributed by atoms with E-state index in [4.69, 9.17) is 17.3 Å². The first kappa shape index (κ1) is 10.5. The van der Waals surface area contributed by atoms with Crippen LogP contribution in [0.4, 0.5) is 5.69 Å². The molecule has 1 aromatic rings. The Morgan fingerprint density at radius 2 is 2.23 bits per heavy atom. The number of carbonyl (C=O) groups excluding carboxylic acids is 1. The molecule has 2 N–H and O–H groups in total. The Kier molecular flexibility index (Phi) is 3.75. The maximum atomic E-state index is 11.0. The van der Waals surface area contributed by atoms with Crippen LogP contribution >= 0.6 is 27.5 Å². The number of hydrogen-bond acceptors (Lipinski definition) is 2.